The summed E-state index contributed by atoms with van der Waals surface area (Å²) in [4.78, 5) is 12.5. The maximum Gasteiger partial charge on any atom is 0.251 e. The van der Waals surface area contributed by atoms with E-state index >= 15 is 0 Å². The van der Waals surface area contributed by atoms with Crippen molar-refractivity contribution < 1.29 is 9.53 Å². The fourth-order valence-corrected chi connectivity index (χ4v) is 4.35. The Kier molecular flexibility index (Phi) is 4.25. The standard InChI is InChI=1S/C19H26N2O2/c22-19(21-16-11-14-8-9-15(12-16)20-14)13-4-3-7-18(10-13)23-17-5-1-2-6-17/h3-4,7,10,14-17,20H,1-2,5-6,8-9,11-12H2,(H,21,22). The molecule has 4 rings (SSSR count). The lowest BCUT2D eigenvalue weighted by atomic mass is 9.99. The molecule has 2 saturated heterocycles. The van der Waals surface area contributed by atoms with E-state index in [2.05, 4.69) is 10.6 Å². The van der Waals surface area contributed by atoms with Gasteiger partial charge in [-0.2, -0.15) is 0 Å². The number of carbonyl (C=O) groups is 1. The van der Waals surface area contributed by atoms with Crippen LogP contribution in [-0.2, 0) is 0 Å². The maximum absolute atomic E-state index is 12.5. The van der Waals surface area contributed by atoms with Gasteiger partial charge in [-0.15, -0.1) is 0 Å². The van der Waals surface area contributed by atoms with E-state index in [-0.39, 0.29) is 5.91 Å². The summed E-state index contributed by atoms with van der Waals surface area (Å²) in [7, 11) is 0. The molecule has 23 heavy (non-hydrogen) atoms. The van der Waals surface area contributed by atoms with E-state index < -0.39 is 0 Å². The molecular weight excluding hydrogens is 288 g/mol. The first-order chi connectivity index (χ1) is 11.3. The van der Waals surface area contributed by atoms with Gasteiger partial charge >= 0.3 is 0 Å². The molecule has 4 heteroatoms. The minimum atomic E-state index is 0.0353. The Balaban J connectivity index is 1.37. The first-order valence-electron chi connectivity index (χ1n) is 9.10. The molecule has 3 fully saturated rings. The lowest BCUT2D eigenvalue weighted by Gasteiger charge is -2.29. The zero-order valence-electron chi connectivity index (χ0n) is 13.6. The largest absolute Gasteiger partial charge is 0.490 e. The van der Waals surface area contributed by atoms with E-state index in [4.69, 9.17) is 4.74 Å². The minimum absolute atomic E-state index is 0.0353. The molecule has 2 heterocycles. The highest BCUT2D eigenvalue weighted by atomic mass is 16.5. The van der Waals surface area contributed by atoms with Crippen LogP contribution in [-0.4, -0.2) is 30.1 Å². The molecule has 4 nitrogen and oxygen atoms in total. The number of fused-ring (bicyclic) bond motifs is 2. The van der Waals surface area contributed by atoms with Gasteiger partial charge in [0.1, 0.15) is 5.75 Å². The van der Waals surface area contributed by atoms with Crippen molar-refractivity contribution in [2.75, 3.05) is 0 Å². The normalized spacial score (nSPS) is 30.3. The predicted molar refractivity (Wildman–Crippen MR) is 89.8 cm³/mol. The third kappa shape index (κ3) is 3.52. The Labute approximate surface area is 138 Å². The fourth-order valence-electron chi connectivity index (χ4n) is 4.35. The average Bonchev–Trinajstić information content (AvgIpc) is 3.17. The Bertz CT molecular complexity index is 556. The molecule has 2 N–H and O–H groups in total. The van der Waals surface area contributed by atoms with Crippen molar-refractivity contribution in [3.8, 4) is 5.75 Å². The number of piperidine rings is 1. The topological polar surface area (TPSA) is 50.4 Å². The molecular formula is C19H26N2O2. The third-order valence-corrected chi connectivity index (χ3v) is 5.51. The summed E-state index contributed by atoms with van der Waals surface area (Å²) >= 11 is 0. The van der Waals surface area contributed by atoms with Gasteiger partial charge in [0.15, 0.2) is 0 Å². The number of carbonyl (C=O) groups excluding carboxylic acids is 1. The van der Waals surface area contributed by atoms with E-state index in [0.717, 1.165) is 31.4 Å². The second-order valence-electron chi connectivity index (χ2n) is 7.33. The SMILES string of the molecule is O=C(NC1CC2CCC(C1)N2)c1cccc(OC2CCCC2)c1. The molecule has 0 aromatic heterocycles. The zero-order chi connectivity index (χ0) is 15.6. The number of rotatable bonds is 4. The Hall–Kier alpha value is -1.55. The van der Waals surface area contributed by atoms with Crippen LogP contribution in [0.1, 0.15) is 61.7 Å². The number of ether oxygens (including phenoxy) is 1. The molecule has 2 aliphatic heterocycles. The van der Waals surface area contributed by atoms with Crippen molar-refractivity contribution in [3.05, 3.63) is 29.8 Å². The molecule has 1 aliphatic carbocycles. The van der Waals surface area contributed by atoms with Gasteiger partial charge in [0.05, 0.1) is 6.10 Å². The Morgan fingerprint density at radius 2 is 1.83 bits per heavy atom. The van der Waals surface area contributed by atoms with Gasteiger partial charge in [-0.25, -0.2) is 0 Å². The van der Waals surface area contributed by atoms with Gasteiger partial charge in [0.2, 0.25) is 0 Å². The molecule has 2 unspecified atom stereocenters. The van der Waals surface area contributed by atoms with Crippen LogP contribution in [0.5, 0.6) is 5.75 Å². The Morgan fingerprint density at radius 1 is 1.09 bits per heavy atom. The number of hydrogen-bond acceptors (Lipinski definition) is 3. The van der Waals surface area contributed by atoms with Crippen LogP contribution in [0.3, 0.4) is 0 Å². The second-order valence-corrected chi connectivity index (χ2v) is 7.33. The average molecular weight is 314 g/mol. The third-order valence-electron chi connectivity index (χ3n) is 5.51. The van der Waals surface area contributed by atoms with Crippen LogP contribution in [0, 0.1) is 0 Å². The van der Waals surface area contributed by atoms with Crippen LogP contribution in [0.2, 0.25) is 0 Å². The molecule has 1 amide bonds. The first-order valence-corrected chi connectivity index (χ1v) is 9.10. The maximum atomic E-state index is 12.5. The summed E-state index contributed by atoms with van der Waals surface area (Å²) < 4.78 is 6.01. The van der Waals surface area contributed by atoms with E-state index in [1.54, 1.807) is 0 Å². The lowest BCUT2D eigenvalue weighted by molar-refractivity contribution is 0.0923. The summed E-state index contributed by atoms with van der Waals surface area (Å²) in [6, 6.07) is 9.15. The van der Waals surface area contributed by atoms with E-state index in [1.165, 1.54) is 25.7 Å². The highest BCUT2D eigenvalue weighted by molar-refractivity contribution is 5.94. The summed E-state index contributed by atoms with van der Waals surface area (Å²) in [6.07, 6.45) is 9.71. The molecule has 0 spiro atoms. The molecule has 1 aromatic carbocycles. The molecule has 124 valence electrons. The van der Waals surface area contributed by atoms with Crippen LogP contribution in [0.15, 0.2) is 24.3 Å². The van der Waals surface area contributed by atoms with Gasteiger partial charge in [-0.3, -0.25) is 4.79 Å². The van der Waals surface area contributed by atoms with Crippen molar-refractivity contribution in [2.24, 2.45) is 0 Å². The lowest BCUT2D eigenvalue weighted by Crippen LogP contribution is -2.48. The highest BCUT2D eigenvalue weighted by Gasteiger charge is 2.34. The summed E-state index contributed by atoms with van der Waals surface area (Å²) in [6.45, 7) is 0. The van der Waals surface area contributed by atoms with Gasteiger partial charge in [-0.1, -0.05) is 6.07 Å². The summed E-state index contributed by atoms with van der Waals surface area (Å²) in [5.41, 5.74) is 0.714. The number of nitrogens with one attached hydrogen (secondary N) is 2. The van der Waals surface area contributed by atoms with Gasteiger partial charge < -0.3 is 15.4 Å². The molecule has 2 bridgehead atoms. The van der Waals surface area contributed by atoms with E-state index in [0.29, 0.717) is 29.8 Å². The van der Waals surface area contributed by atoms with Gasteiger partial charge in [0, 0.05) is 23.7 Å². The molecule has 1 saturated carbocycles. The predicted octanol–water partition coefficient (Wildman–Crippen LogP) is 3.02. The van der Waals surface area contributed by atoms with Crippen LogP contribution >= 0.6 is 0 Å². The Morgan fingerprint density at radius 3 is 2.57 bits per heavy atom. The first kappa shape index (κ1) is 15.0. The van der Waals surface area contributed by atoms with Crippen molar-refractivity contribution in [2.45, 2.75) is 75.6 Å². The monoisotopic (exact) mass is 314 g/mol. The highest BCUT2D eigenvalue weighted by Crippen LogP contribution is 2.27. The van der Waals surface area contributed by atoms with Crippen LogP contribution in [0.4, 0.5) is 0 Å². The van der Waals surface area contributed by atoms with Crippen LogP contribution in [0.25, 0.3) is 0 Å². The molecule has 2 atom stereocenters. The zero-order valence-corrected chi connectivity index (χ0v) is 13.6. The fraction of sp³-hybridized carbons (Fsp3) is 0.632. The van der Waals surface area contributed by atoms with Crippen LogP contribution < -0.4 is 15.4 Å². The summed E-state index contributed by atoms with van der Waals surface area (Å²) in [5.74, 6) is 0.864. The summed E-state index contributed by atoms with van der Waals surface area (Å²) in [5, 5.41) is 6.83. The quantitative estimate of drug-likeness (QED) is 0.898. The van der Waals surface area contributed by atoms with Crippen molar-refractivity contribution in [1.29, 1.82) is 0 Å². The number of hydrogen-bond donors (Lipinski definition) is 2. The smallest absolute Gasteiger partial charge is 0.251 e. The molecule has 0 radical (unpaired) electrons. The molecule has 1 aromatic rings. The number of benzene rings is 1. The molecule has 3 aliphatic rings. The van der Waals surface area contributed by atoms with E-state index in [9.17, 15) is 4.79 Å². The van der Waals surface area contributed by atoms with Gasteiger partial charge in [0.25, 0.3) is 5.91 Å². The van der Waals surface area contributed by atoms with E-state index in [1.807, 2.05) is 24.3 Å². The second kappa shape index (κ2) is 6.52. The van der Waals surface area contributed by atoms with Gasteiger partial charge in [-0.05, 0) is 69.6 Å². The van der Waals surface area contributed by atoms with Crippen molar-refractivity contribution in [1.82, 2.24) is 10.6 Å². The van der Waals surface area contributed by atoms with Crippen molar-refractivity contribution >= 4 is 5.91 Å². The minimum Gasteiger partial charge on any atom is -0.490 e. The number of amides is 1. The van der Waals surface area contributed by atoms with Crippen molar-refractivity contribution in [3.63, 3.8) is 0 Å².